The van der Waals surface area contributed by atoms with Gasteiger partial charge in [-0.25, -0.2) is 9.97 Å². The SMILES string of the molecule is CCc1cccc(NC(=O)CSc2cc(N3CC(C)CC(C)C3)ncn2)c1. The zero-order chi connectivity index (χ0) is 19.2. The number of benzene rings is 1. The molecule has 0 saturated carbocycles. The van der Waals surface area contributed by atoms with Gasteiger partial charge in [0.05, 0.1) is 5.75 Å². The maximum atomic E-state index is 12.3. The Morgan fingerprint density at radius 1 is 1.22 bits per heavy atom. The zero-order valence-electron chi connectivity index (χ0n) is 16.3. The Hall–Kier alpha value is -2.08. The van der Waals surface area contributed by atoms with Crippen molar-refractivity contribution < 1.29 is 4.79 Å². The van der Waals surface area contributed by atoms with Crippen molar-refractivity contribution in [1.29, 1.82) is 0 Å². The van der Waals surface area contributed by atoms with Crippen molar-refractivity contribution in [3.8, 4) is 0 Å². The normalized spacial score (nSPS) is 19.7. The molecular weight excluding hydrogens is 356 g/mol. The highest BCUT2D eigenvalue weighted by Gasteiger charge is 2.23. The minimum Gasteiger partial charge on any atom is -0.356 e. The molecule has 1 N–H and O–H groups in total. The fourth-order valence-electron chi connectivity index (χ4n) is 3.64. The predicted octanol–water partition coefficient (Wildman–Crippen LogP) is 4.25. The first kappa shape index (κ1) is 19.7. The molecule has 1 saturated heterocycles. The number of aromatic nitrogens is 2. The lowest BCUT2D eigenvalue weighted by Gasteiger charge is -2.35. The number of nitrogens with zero attached hydrogens (tertiary/aromatic N) is 3. The van der Waals surface area contributed by atoms with Crippen molar-refractivity contribution in [2.75, 3.05) is 29.1 Å². The molecule has 1 amide bonds. The third kappa shape index (κ3) is 5.70. The number of amides is 1. The van der Waals surface area contributed by atoms with Crippen molar-refractivity contribution in [3.05, 3.63) is 42.2 Å². The summed E-state index contributed by atoms with van der Waals surface area (Å²) in [4.78, 5) is 23.4. The highest BCUT2D eigenvalue weighted by molar-refractivity contribution is 7.99. The molecule has 1 aliphatic heterocycles. The third-order valence-corrected chi connectivity index (χ3v) is 5.72. The van der Waals surface area contributed by atoms with Gasteiger partial charge in [-0.2, -0.15) is 0 Å². The predicted molar refractivity (Wildman–Crippen MR) is 112 cm³/mol. The first-order valence-corrected chi connectivity index (χ1v) is 10.6. The Balaban J connectivity index is 1.57. The molecule has 3 rings (SSSR count). The number of carbonyl (C=O) groups is 1. The second-order valence-electron chi connectivity index (χ2n) is 7.46. The van der Waals surface area contributed by atoms with Gasteiger partial charge >= 0.3 is 0 Å². The van der Waals surface area contributed by atoms with Gasteiger partial charge in [0, 0.05) is 24.8 Å². The van der Waals surface area contributed by atoms with Crippen LogP contribution in [0.3, 0.4) is 0 Å². The second kappa shape index (κ2) is 9.22. The van der Waals surface area contributed by atoms with E-state index in [9.17, 15) is 4.79 Å². The summed E-state index contributed by atoms with van der Waals surface area (Å²) in [7, 11) is 0. The zero-order valence-corrected chi connectivity index (χ0v) is 17.1. The molecule has 0 radical (unpaired) electrons. The van der Waals surface area contributed by atoms with Crippen LogP contribution in [0.4, 0.5) is 11.5 Å². The molecule has 0 aliphatic carbocycles. The van der Waals surface area contributed by atoms with E-state index in [-0.39, 0.29) is 5.91 Å². The topological polar surface area (TPSA) is 58.1 Å². The van der Waals surface area contributed by atoms with E-state index in [0.717, 1.165) is 36.0 Å². The molecule has 0 bridgehead atoms. The average molecular weight is 385 g/mol. The fourth-order valence-corrected chi connectivity index (χ4v) is 4.30. The standard InChI is InChI=1S/C21H28N4OS/c1-4-17-6-5-7-18(9-17)24-20(26)13-27-21-10-19(22-14-23-21)25-11-15(2)8-16(3)12-25/h5-7,9-10,14-16H,4,8,11-13H2,1-3H3,(H,24,26). The monoisotopic (exact) mass is 384 g/mol. The molecule has 6 heteroatoms. The van der Waals surface area contributed by atoms with E-state index in [2.05, 4.69) is 47.0 Å². The van der Waals surface area contributed by atoms with Crippen LogP contribution >= 0.6 is 11.8 Å². The third-order valence-electron chi connectivity index (χ3n) is 4.79. The summed E-state index contributed by atoms with van der Waals surface area (Å²) >= 11 is 1.45. The number of piperidine rings is 1. The van der Waals surface area contributed by atoms with E-state index < -0.39 is 0 Å². The molecule has 2 heterocycles. The number of carbonyl (C=O) groups excluding carboxylic acids is 1. The quantitative estimate of drug-likeness (QED) is 0.596. The molecule has 27 heavy (non-hydrogen) atoms. The molecule has 1 aliphatic rings. The number of hydrogen-bond donors (Lipinski definition) is 1. The van der Waals surface area contributed by atoms with Gasteiger partial charge in [0.1, 0.15) is 17.2 Å². The summed E-state index contributed by atoms with van der Waals surface area (Å²) in [6, 6.07) is 9.97. The molecule has 1 fully saturated rings. The lowest BCUT2D eigenvalue weighted by molar-refractivity contribution is -0.113. The van der Waals surface area contributed by atoms with Gasteiger partial charge in [0.25, 0.3) is 0 Å². The van der Waals surface area contributed by atoms with Crippen LogP contribution < -0.4 is 10.2 Å². The molecule has 1 aromatic heterocycles. The second-order valence-corrected chi connectivity index (χ2v) is 8.45. The van der Waals surface area contributed by atoms with Crippen molar-refractivity contribution in [2.45, 2.75) is 38.6 Å². The smallest absolute Gasteiger partial charge is 0.234 e. The highest BCUT2D eigenvalue weighted by Crippen LogP contribution is 2.27. The molecule has 144 valence electrons. The van der Waals surface area contributed by atoms with Crippen LogP contribution in [0.25, 0.3) is 0 Å². The molecule has 1 aromatic carbocycles. The summed E-state index contributed by atoms with van der Waals surface area (Å²) in [5.74, 6) is 2.61. The van der Waals surface area contributed by atoms with E-state index in [1.807, 2.05) is 24.3 Å². The molecule has 2 atom stereocenters. The van der Waals surface area contributed by atoms with Crippen LogP contribution in [0.15, 0.2) is 41.7 Å². The molecular formula is C21H28N4OS. The Morgan fingerprint density at radius 2 is 2.00 bits per heavy atom. The minimum atomic E-state index is -0.0198. The number of nitrogens with one attached hydrogen (secondary N) is 1. The van der Waals surface area contributed by atoms with E-state index in [1.165, 1.54) is 23.7 Å². The maximum Gasteiger partial charge on any atom is 0.234 e. The van der Waals surface area contributed by atoms with Crippen molar-refractivity contribution in [1.82, 2.24) is 9.97 Å². The molecule has 2 aromatic rings. The van der Waals surface area contributed by atoms with Gasteiger partial charge in [-0.1, -0.05) is 44.7 Å². The molecule has 0 spiro atoms. The number of anilines is 2. The number of hydrogen-bond acceptors (Lipinski definition) is 5. The minimum absolute atomic E-state index is 0.0198. The number of rotatable bonds is 6. The fraction of sp³-hybridized carbons (Fsp3) is 0.476. The van der Waals surface area contributed by atoms with Gasteiger partial charge in [-0.05, 0) is 42.4 Å². The van der Waals surface area contributed by atoms with Crippen molar-refractivity contribution in [3.63, 3.8) is 0 Å². The van der Waals surface area contributed by atoms with Gasteiger partial charge < -0.3 is 10.2 Å². The van der Waals surface area contributed by atoms with E-state index in [0.29, 0.717) is 17.6 Å². The van der Waals surface area contributed by atoms with Crippen LogP contribution in [0, 0.1) is 11.8 Å². The average Bonchev–Trinajstić information content (AvgIpc) is 2.66. The number of thioether (sulfide) groups is 1. The van der Waals surface area contributed by atoms with Gasteiger partial charge in [-0.3, -0.25) is 4.79 Å². The van der Waals surface area contributed by atoms with E-state index in [1.54, 1.807) is 6.33 Å². The Labute approximate surface area is 166 Å². The summed E-state index contributed by atoms with van der Waals surface area (Å²) < 4.78 is 0. The van der Waals surface area contributed by atoms with Crippen molar-refractivity contribution in [2.24, 2.45) is 11.8 Å². The summed E-state index contributed by atoms with van der Waals surface area (Å²) in [6.07, 6.45) is 3.82. The van der Waals surface area contributed by atoms with Crippen LogP contribution in [0.1, 0.15) is 32.8 Å². The lowest BCUT2D eigenvalue weighted by Crippen LogP contribution is -2.39. The Morgan fingerprint density at radius 3 is 2.74 bits per heavy atom. The van der Waals surface area contributed by atoms with Gasteiger partial charge in [-0.15, -0.1) is 0 Å². The van der Waals surface area contributed by atoms with Gasteiger partial charge in [0.2, 0.25) is 5.91 Å². The number of aryl methyl sites for hydroxylation is 1. The first-order valence-electron chi connectivity index (χ1n) is 9.62. The molecule has 5 nitrogen and oxygen atoms in total. The summed E-state index contributed by atoms with van der Waals surface area (Å²) in [5, 5.41) is 3.80. The van der Waals surface area contributed by atoms with Crippen molar-refractivity contribution >= 4 is 29.2 Å². The van der Waals surface area contributed by atoms with Crippen LogP contribution in [-0.4, -0.2) is 34.7 Å². The molecule has 2 unspecified atom stereocenters. The summed E-state index contributed by atoms with van der Waals surface area (Å²) in [5.41, 5.74) is 2.06. The lowest BCUT2D eigenvalue weighted by atomic mass is 9.92. The van der Waals surface area contributed by atoms with Crippen LogP contribution in [0.2, 0.25) is 0 Å². The Bertz CT molecular complexity index is 772. The highest BCUT2D eigenvalue weighted by atomic mass is 32.2. The largest absolute Gasteiger partial charge is 0.356 e. The van der Waals surface area contributed by atoms with Gasteiger partial charge in [0.15, 0.2) is 0 Å². The summed E-state index contributed by atoms with van der Waals surface area (Å²) in [6.45, 7) is 8.74. The van der Waals surface area contributed by atoms with E-state index in [4.69, 9.17) is 0 Å². The van der Waals surface area contributed by atoms with Crippen LogP contribution in [0.5, 0.6) is 0 Å². The first-order chi connectivity index (χ1) is 13.0. The Kier molecular flexibility index (Phi) is 6.72. The maximum absolute atomic E-state index is 12.3. The van der Waals surface area contributed by atoms with E-state index >= 15 is 0 Å². The van der Waals surface area contributed by atoms with Crippen LogP contribution in [-0.2, 0) is 11.2 Å².